The zero-order valence-corrected chi connectivity index (χ0v) is 19.9. The first kappa shape index (κ1) is 24.1. The molecule has 34 heavy (non-hydrogen) atoms. The van der Waals surface area contributed by atoms with E-state index in [0.717, 1.165) is 23.4 Å². The number of aromatic nitrogens is 2. The summed E-state index contributed by atoms with van der Waals surface area (Å²) in [6.07, 6.45) is 5.42. The summed E-state index contributed by atoms with van der Waals surface area (Å²) in [5.74, 6) is 2.14. The number of aliphatic hydroxyl groups is 1. The maximum absolute atomic E-state index is 11.2. The number of hydrogen-bond acceptors (Lipinski definition) is 7. The van der Waals surface area contributed by atoms with Crippen molar-refractivity contribution in [3.63, 3.8) is 0 Å². The van der Waals surface area contributed by atoms with E-state index in [1.807, 2.05) is 60.2 Å². The van der Waals surface area contributed by atoms with Crippen LogP contribution in [-0.4, -0.2) is 71.8 Å². The topological polar surface area (TPSA) is 78.2 Å². The van der Waals surface area contributed by atoms with Gasteiger partial charge in [-0.15, -0.1) is 0 Å². The van der Waals surface area contributed by atoms with Crippen LogP contribution >= 0.6 is 0 Å². The van der Waals surface area contributed by atoms with Crippen LogP contribution in [0.2, 0.25) is 0 Å². The number of ether oxygens (including phenoxy) is 4. The monoisotopic (exact) mass is 467 g/mol. The molecule has 0 aliphatic carbocycles. The minimum atomic E-state index is -1.10. The van der Waals surface area contributed by atoms with Gasteiger partial charge in [0, 0.05) is 32.0 Å². The third-order valence-electron chi connectivity index (χ3n) is 5.74. The number of imidazole rings is 1. The SMILES string of the molecule is COc1ccc(CN2CCOCC(O)(COc3cccc(C)c3)C2)cc1OCCn1ccnc1. The summed E-state index contributed by atoms with van der Waals surface area (Å²) in [6.45, 7) is 5.99. The number of rotatable bonds is 10. The first-order valence-corrected chi connectivity index (χ1v) is 11.5. The predicted octanol–water partition coefficient (Wildman–Crippen LogP) is 2.92. The first-order chi connectivity index (χ1) is 16.5. The summed E-state index contributed by atoms with van der Waals surface area (Å²) in [5, 5.41) is 11.2. The molecule has 0 bridgehead atoms. The molecule has 2 heterocycles. The van der Waals surface area contributed by atoms with E-state index < -0.39 is 5.60 Å². The van der Waals surface area contributed by atoms with Gasteiger partial charge in [-0.05, 0) is 42.3 Å². The summed E-state index contributed by atoms with van der Waals surface area (Å²) in [7, 11) is 1.64. The molecule has 0 amide bonds. The van der Waals surface area contributed by atoms with E-state index in [2.05, 4.69) is 9.88 Å². The van der Waals surface area contributed by atoms with Gasteiger partial charge in [-0.2, -0.15) is 0 Å². The standard InChI is InChI=1S/C26H33N3O5/c1-21-4-3-5-23(14-21)34-19-26(30)17-29(10-12-32-18-26)16-22-6-7-24(31-2)25(15-22)33-13-11-28-9-8-27-20-28/h3-9,14-15,20,30H,10-13,16-19H2,1-2H3. The number of methoxy groups -OCH3 is 1. The van der Waals surface area contributed by atoms with Crippen LogP contribution in [0.4, 0.5) is 0 Å². The average molecular weight is 468 g/mol. The Balaban J connectivity index is 1.38. The average Bonchev–Trinajstić information content (AvgIpc) is 3.27. The molecule has 1 unspecified atom stereocenters. The van der Waals surface area contributed by atoms with E-state index in [0.29, 0.717) is 44.3 Å². The molecule has 0 radical (unpaired) electrons. The molecule has 0 saturated carbocycles. The van der Waals surface area contributed by atoms with Crippen molar-refractivity contribution in [3.05, 3.63) is 72.3 Å². The molecule has 182 valence electrons. The van der Waals surface area contributed by atoms with Crippen molar-refractivity contribution in [1.29, 1.82) is 0 Å². The number of nitrogens with zero attached hydrogens (tertiary/aromatic N) is 3. The van der Waals surface area contributed by atoms with E-state index in [-0.39, 0.29) is 13.2 Å². The maximum Gasteiger partial charge on any atom is 0.161 e. The van der Waals surface area contributed by atoms with E-state index in [1.54, 1.807) is 19.6 Å². The molecular formula is C26H33N3O5. The fraction of sp³-hybridized carbons (Fsp3) is 0.423. The van der Waals surface area contributed by atoms with Gasteiger partial charge < -0.3 is 28.6 Å². The van der Waals surface area contributed by atoms with Crippen LogP contribution < -0.4 is 14.2 Å². The molecule has 1 aliphatic rings. The van der Waals surface area contributed by atoms with Crippen LogP contribution in [0.25, 0.3) is 0 Å². The zero-order chi connectivity index (χ0) is 23.8. The first-order valence-electron chi connectivity index (χ1n) is 11.5. The summed E-state index contributed by atoms with van der Waals surface area (Å²) in [4.78, 5) is 6.24. The zero-order valence-electron chi connectivity index (χ0n) is 19.9. The third kappa shape index (κ3) is 6.72. The third-order valence-corrected chi connectivity index (χ3v) is 5.74. The van der Waals surface area contributed by atoms with Gasteiger partial charge in [-0.25, -0.2) is 4.98 Å². The van der Waals surface area contributed by atoms with Crippen molar-refractivity contribution in [2.24, 2.45) is 0 Å². The molecule has 1 fully saturated rings. The highest BCUT2D eigenvalue weighted by Crippen LogP contribution is 2.29. The van der Waals surface area contributed by atoms with Gasteiger partial charge in [0.1, 0.15) is 24.6 Å². The van der Waals surface area contributed by atoms with Crippen LogP contribution in [-0.2, 0) is 17.8 Å². The lowest BCUT2D eigenvalue weighted by molar-refractivity contribution is -0.0646. The van der Waals surface area contributed by atoms with Crippen LogP contribution in [0, 0.1) is 6.92 Å². The molecule has 4 rings (SSSR count). The highest BCUT2D eigenvalue weighted by molar-refractivity contribution is 5.43. The van der Waals surface area contributed by atoms with E-state index >= 15 is 0 Å². The van der Waals surface area contributed by atoms with Crippen molar-refractivity contribution in [1.82, 2.24) is 14.5 Å². The molecular weight excluding hydrogens is 434 g/mol. The second-order valence-electron chi connectivity index (χ2n) is 8.73. The normalized spacial score (nSPS) is 18.9. The summed E-state index contributed by atoms with van der Waals surface area (Å²) >= 11 is 0. The Morgan fingerprint density at radius 3 is 2.85 bits per heavy atom. The van der Waals surface area contributed by atoms with Gasteiger partial charge in [0.2, 0.25) is 0 Å². The van der Waals surface area contributed by atoms with Gasteiger partial charge in [0.05, 0.1) is 33.2 Å². The van der Waals surface area contributed by atoms with Gasteiger partial charge in [-0.1, -0.05) is 18.2 Å². The Morgan fingerprint density at radius 1 is 1.15 bits per heavy atom. The minimum absolute atomic E-state index is 0.165. The quantitative estimate of drug-likeness (QED) is 0.491. The van der Waals surface area contributed by atoms with E-state index in [1.165, 1.54) is 0 Å². The number of aryl methyl sites for hydroxylation is 1. The summed E-state index contributed by atoms with van der Waals surface area (Å²) in [6, 6.07) is 13.8. The van der Waals surface area contributed by atoms with E-state index in [4.69, 9.17) is 18.9 Å². The minimum Gasteiger partial charge on any atom is -0.493 e. The Morgan fingerprint density at radius 2 is 2.06 bits per heavy atom. The van der Waals surface area contributed by atoms with Crippen molar-refractivity contribution in [2.75, 3.05) is 46.6 Å². The Bertz CT molecular complexity index is 1040. The molecule has 1 atom stereocenters. The van der Waals surface area contributed by atoms with Crippen LogP contribution in [0.1, 0.15) is 11.1 Å². The molecule has 1 saturated heterocycles. The Labute approximate surface area is 200 Å². The molecule has 1 aromatic heterocycles. The van der Waals surface area contributed by atoms with Crippen molar-refractivity contribution in [3.8, 4) is 17.2 Å². The molecule has 0 spiro atoms. The molecule has 8 nitrogen and oxygen atoms in total. The molecule has 8 heteroatoms. The Kier molecular flexibility index (Phi) is 8.05. The van der Waals surface area contributed by atoms with Crippen molar-refractivity contribution < 1.29 is 24.1 Å². The number of benzene rings is 2. The van der Waals surface area contributed by atoms with Gasteiger partial charge in [0.15, 0.2) is 11.5 Å². The predicted molar refractivity (Wildman–Crippen MR) is 128 cm³/mol. The second-order valence-corrected chi connectivity index (χ2v) is 8.73. The number of β-amino-alcohol motifs (C(OH)–C–C–N with tert-alkyl or cyclic N) is 1. The van der Waals surface area contributed by atoms with Crippen molar-refractivity contribution in [2.45, 2.75) is 25.6 Å². The summed E-state index contributed by atoms with van der Waals surface area (Å²) in [5.41, 5.74) is 1.09. The van der Waals surface area contributed by atoms with Crippen molar-refractivity contribution >= 4 is 0 Å². The molecule has 1 aliphatic heterocycles. The molecule has 2 aromatic carbocycles. The number of hydrogen-bond donors (Lipinski definition) is 1. The molecule has 1 N–H and O–H groups in total. The smallest absolute Gasteiger partial charge is 0.161 e. The fourth-order valence-electron chi connectivity index (χ4n) is 4.01. The van der Waals surface area contributed by atoms with Gasteiger partial charge in [0.25, 0.3) is 0 Å². The van der Waals surface area contributed by atoms with Crippen LogP contribution in [0.15, 0.2) is 61.2 Å². The largest absolute Gasteiger partial charge is 0.493 e. The lowest BCUT2D eigenvalue weighted by Crippen LogP contribution is -2.48. The van der Waals surface area contributed by atoms with E-state index in [9.17, 15) is 5.11 Å². The van der Waals surface area contributed by atoms with Crippen LogP contribution in [0.5, 0.6) is 17.2 Å². The highest BCUT2D eigenvalue weighted by Gasteiger charge is 2.33. The van der Waals surface area contributed by atoms with Gasteiger partial charge >= 0.3 is 0 Å². The lowest BCUT2D eigenvalue weighted by atomic mass is 10.1. The Hall–Kier alpha value is -3.07. The summed E-state index contributed by atoms with van der Waals surface area (Å²) < 4.78 is 25.1. The lowest BCUT2D eigenvalue weighted by Gasteiger charge is -2.30. The fourth-order valence-corrected chi connectivity index (χ4v) is 4.01. The van der Waals surface area contributed by atoms with Crippen LogP contribution in [0.3, 0.4) is 0 Å². The second kappa shape index (κ2) is 11.4. The maximum atomic E-state index is 11.2. The molecule has 3 aromatic rings. The highest BCUT2D eigenvalue weighted by atomic mass is 16.5. The van der Waals surface area contributed by atoms with Gasteiger partial charge in [-0.3, -0.25) is 4.90 Å².